The Morgan fingerprint density at radius 1 is 1.25 bits per heavy atom. The maximum Gasteiger partial charge on any atom is 0.255 e. The number of hydrogen-bond donors (Lipinski definition) is 2. The van der Waals surface area contributed by atoms with E-state index in [1.807, 2.05) is 6.92 Å². The Bertz CT molecular complexity index is 629. The lowest BCUT2D eigenvalue weighted by molar-refractivity contribution is 0.0953. The van der Waals surface area contributed by atoms with E-state index in [-0.39, 0.29) is 17.4 Å². The number of hydrogen-bond acceptors (Lipinski definition) is 3. The number of nitrogens with two attached hydrogens (primary N) is 1. The molecule has 5 heteroatoms. The van der Waals surface area contributed by atoms with E-state index < -0.39 is 5.82 Å². The number of amides is 1. The van der Waals surface area contributed by atoms with Crippen LogP contribution >= 0.6 is 0 Å². The summed E-state index contributed by atoms with van der Waals surface area (Å²) in [7, 11) is 0. The van der Waals surface area contributed by atoms with Crippen LogP contribution in [0.3, 0.4) is 0 Å². The van der Waals surface area contributed by atoms with Crippen molar-refractivity contribution in [1.29, 1.82) is 0 Å². The van der Waals surface area contributed by atoms with Gasteiger partial charge in [0.1, 0.15) is 5.75 Å². The molecule has 0 bridgehead atoms. The van der Waals surface area contributed by atoms with Crippen molar-refractivity contribution >= 4 is 11.6 Å². The molecule has 0 saturated heterocycles. The average Bonchev–Trinajstić information content (AvgIpc) is 2.42. The van der Waals surface area contributed by atoms with Crippen LogP contribution in [0.25, 0.3) is 0 Å². The van der Waals surface area contributed by atoms with Gasteiger partial charge < -0.3 is 15.8 Å². The summed E-state index contributed by atoms with van der Waals surface area (Å²) in [6, 6.07) is 10.6. The minimum atomic E-state index is -0.503. The number of ether oxygens (including phenoxy) is 1. The Hall–Kier alpha value is -2.56. The smallest absolute Gasteiger partial charge is 0.255 e. The molecule has 0 aromatic heterocycles. The van der Waals surface area contributed by atoms with Crippen LogP contribution in [0.4, 0.5) is 10.1 Å². The topological polar surface area (TPSA) is 64.4 Å². The molecule has 20 heavy (non-hydrogen) atoms. The zero-order valence-electron chi connectivity index (χ0n) is 11.0. The van der Waals surface area contributed by atoms with Gasteiger partial charge in [0.15, 0.2) is 11.6 Å². The second-order valence-corrected chi connectivity index (χ2v) is 4.15. The van der Waals surface area contributed by atoms with Crippen molar-refractivity contribution in [1.82, 2.24) is 5.32 Å². The highest BCUT2D eigenvalue weighted by Crippen LogP contribution is 2.29. The van der Waals surface area contributed by atoms with Gasteiger partial charge in [-0.2, -0.15) is 0 Å². The van der Waals surface area contributed by atoms with Gasteiger partial charge in [0, 0.05) is 18.3 Å². The lowest BCUT2D eigenvalue weighted by Crippen LogP contribution is -2.23. The van der Waals surface area contributed by atoms with Crippen molar-refractivity contribution in [3.8, 4) is 11.5 Å². The number of rotatable bonds is 4. The third kappa shape index (κ3) is 3.06. The van der Waals surface area contributed by atoms with E-state index in [9.17, 15) is 9.18 Å². The fraction of sp³-hybridized carbons (Fsp3) is 0.133. The van der Waals surface area contributed by atoms with E-state index >= 15 is 0 Å². The molecule has 4 nitrogen and oxygen atoms in total. The first-order chi connectivity index (χ1) is 9.61. The maximum absolute atomic E-state index is 13.6. The molecule has 0 aliphatic rings. The van der Waals surface area contributed by atoms with E-state index in [1.54, 1.807) is 24.3 Å². The molecule has 0 heterocycles. The van der Waals surface area contributed by atoms with Crippen molar-refractivity contribution in [3.05, 3.63) is 53.8 Å². The second-order valence-electron chi connectivity index (χ2n) is 4.15. The lowest BCUT2D eigenvalue weighted by Gasteiger charge is -2.12. The zero-order chi connectivity index (χ0) is 14.5. The molecular formula is C15H15FN2O2. The predicted octanol–water partition coefficient (Wildman–Crippen LogP) is 2.95. The quantitative estimate of drug-likeness (QED) is 0.842. The highest BCUT2D eigenvalue weighted by atomic mass is 19.1. The Labute approximate surface area is 116 Å². The summed E-state index contributed by atoms with van der Waals surface area (Å²) in [5, 5.41) is 2.67. The van der Waals surface area contributed by atoms with Gasteiger partial charge in [-0.3, -0.25) is 4.79 Å². The molecule has 0 atom stereocenters. The standard InChI is InChI=1S/C15H15FN2O2/c1-2-18-15(19)11-8-7-10(17)9-14(11)20-13-6-4-3-5-12(13)16/h3-9H,2,17H2,1H3,(H,18,19). The average molecular weight is 274 g/mol. The summed E-state index contributed by atoms with van der Waals surface area (Å²) in [5.74, 6) is -0.527. The fourth-order valence-electron chi connectivity index (χ4n) is 1.71. The van der Waals surface area contributed by atoms with E-state index in [2.05, 4.69) is 5.32 Å². The summed E-state index contributed by atoms with van der Waals surface area (Å²) >= 11 is 0. The van der Waals surface area contributed by atoms with Crippen molar-refractivity contribution in [2.75, 3.05) is 12.3 Å². The van der Waals surface area contributed by atoms with Gasteiger partial charge in [-0.05, 0) is 31.2 Å². The van der Waals surface area contributed by atoms with Crippen molar-refractivity contribution in [3.63, 3.8) is 0 Å². The molecule has 0 spiro atoms. The molecule has 0 radical (unpaired) electrons. The Balaban J connectivity index is 2.37. The highest BCUT2D eigenvalue weighted by molar-refractivity contribution is 5.97. The molecule has 1 amide bonds. The third-order valence-electron chi connectivity index (χ3n) is 2.64. The number of anilines is 1. The summed E-state index contributed by atoms with van der Waals surface area (Å²) in [6.45, 7) is 2.30. The number of para-hydroxylation sites is 1. The molecule has 2 aromatic carbocycles. The molecule has 0 unspecified atom stereocenters. The lowest BCUT2D eigenvalue weighted by atomic mass is 10.1. The van der Waals surface area contributed by atoms with Gasteiger partial charge in [0.25, 0.3) is 5.91 Å². The first-order valence-corrected chi connectivity index (χ1v) is 6.22. The fourth-order valence-corrected chi connectivity index (χ4v) is 1.71. The Morgan fingerprint density at radius 2 is 2.00 bits per heavy atom. The molecule has 104 valence electrons. The number of carbonyl (C=O) groups is 1. The summed E-state index contributed by atoms with van der Waals surface area (Å²) in [5.41, 5.74) is 6.43. The third-order valence-corrected chi connectivity index (χ3v) is 2.64. The predicted molar refractivity (Wildman–Crippen MR) is 75.3 cm³/mol. The molecular weight excluding hydrogens is 259 g/mol. The zero-order valence-corrected chi connectivity index (χ0v) is 11.0. The number of benzene rings is 2. The molecule has 2 rings (SSSR count). The Kier molecular flexibility index (Phi) is 4.20. The number of halogens is 1. The normalized spacial score (nSPS) is 10.1. The monoisotopic (exact) mass is 274 g/mol. The van der Waals surface area contributed by atoms with Crippen LogP contribution in [0.2, 0.25) is 0 Å². The summed E-state index contributed by atoms with van der Waals surface area (Å²) in [4.78, 5) is 11.9. The second kappa shape index (κ2) is 6.06. The number of nitrogens with one attached hydrogen (secondary N) is 1. The minimum absolute atomic E-state index is 0.0450. The highest BCUT2D eigenvalue weighted by Gasteiger charge is 2.14. The molecule has 0 aliphatic carbocycles. The largest absolute Gasteiger partial charge is 0.453 e. The first-order valence-electron chi connectivity index (χ1n) is 6.22. The van der Waals surface area contributed by atoms with Crippen LogP contribution in [-0.2, 0) is 0 Å². The molecule has 0 aliphatic heterocycles. The Morgan fingerprint density at radius 3 is 2.70 bits per heavy atom. The van der Waals surface area contributed by atoms with Crippen LogP contribution in [0.1, 0.15) is 17.3 Å². The number of nitrogen functional groups attached to an aromatic ring is 1. The van der Waals surface area contributed by atoms with Gasteiger partial charge in [-0.1, -0.05) is 12.1 Å². The van der Waals surface area contributed by atoms with Crippen LogP contribution in [0, 0.1) is 5.82 Å². The SMILES string of the molecule is CCNC(=O)c1ccc(N)cc1Oc1ccccc1F. The first kappa shape index (κ1) is 13.9. The van der Waals surface area contributed by atoms with Crippen LogP contribution in [0.5, 0.6) is 11.5 Å². The van der Waals surface area contributed by atoms with E-state index in [0.717, 1.165) is 0 Å². The van der Waals surface area contributed by atoms with E-state index in [1.165, 1.54) is 18.2 Å². The molecule has 0 fully saturated rings. The van der Waals surface area contributed by atoms with Crippen molar-refractivity contribution in [2.45, 2.75) is 6.92 Å². The van der Waals surface area contributed by atoms with Crippen molar-refractivity contribution < 1.29 is 13.9 Å². The van der Waals surface area contributed by atoms with E-state index in [0.29, 0.717) is 17.8 Å². The van der Waals surface area contributed by atoms with Gasteiger partial charge in [0.05, 0.1) is 5.56 Å². The van der Waals surface area contributed by atoms with Gasteiger partial charge in [0.2, 0.25) is 0 Å². The van der Waals surface area contributed by atoms with Crippen LogP contribution in [0.15, 0.2) is 42.5 Å². The number of carbonyl (C=O) groups excluding carboxylic acids is 1. The maximum atomic E-state index is 13.6. The van der Waals surface area contributed by atoms with Crippen LogP contribution in [-0.4, -0.2) is 12.5 Å². The van der Waals surface area contributed by atoms with Crippen LogP contribution < -0.4 is 15.8 Å². The molecule has 3 N–H and O–H groups in total. The molecule has 2 aromatic rings. The summed E-state index contributed by atoms with van der Waals surface area (Å²) in [6.07, 6.45) is 0. The van der Waals surface area contributed by atoms with Gasteiger partial charge in [-0.15, -0.1) is 0 Å². The van der Waals surface area contributed by atoms with Gasteiger partial charge in [-0.25, -0.2) is 4.39 Å². The summed E-state index contributed by atoms with van der Waals surface area (Å²) < 4.78 is 19.1. The minimum Gasteiger partial charge on any atom is -0.453 e. The molecule has 0 saturated carbocycles. The van der Waals surface area contributed by atoms with Gasteiger partial charge >= 0.3 is 0 Å². The van der Waals surface area contributed by atoms with Crippen molar-refractivity contribution in [2.24, 2.45) is 0 Å². The van der Waals surface area contributed by atoms with E-state index in [4.69, 9.17) is 10.5 Å².